The van der Waals surface area contributed by atoms with Gasteiger partial charge in [0.25, 0.3) is 0 Å². The maximum absolute atomic E-state index is 13.5. The highest BCUT2D eigenvalue weighted by Crippen LogP contribution is 2.32. The molecule has 0 fully saturated rings. The number of benzene rings is 3. The highest BCUT2D eigenvalue weighted by Gasteiger charge is 2.20. The van der Waals surface area contributed by atoms with Gasteiger partial charge in [-0.2, -0.15) is 0 Å². The number of carbonyl (C=O) groups is 1. The van der Waals surface area contributed by atoms with Crippen LogP contribution < -0.4 is 9.64 Å². The second-order valence-electron chi connectivity index (χ2n) is 8.27. The lowest BCUT2D eigenvalue weighted by atomic mass is 10.0. The van der Waals surface area contributed by atoms with Crippen LogP contribution in [0, 0.1) is 0 Å². The summed E-state index contributed by atoms with van der Waals surface area (Å²) in [6.07, 6.45) is 6.62. The number of hydrogen-bond donors (Lipinski definition) is 0. The molecule has 0 saturated heterocycles. The number of carbonyl (C=O) groups excluding carboxylic acids is 1. The summed E-state index contributed by atoms with van der Waals surface area (Å²) in [5.41, 5.74) is 4.15. The van der Waals surface area contributed by atoms with Gasteiger partial charge in [0.15, 0.2) is 5.13 Å². The van der Waals surface area contributed by atoms with Gasteiger partial charge in [0.1, 0.15) is 5.75 Å². The maximum atomic E-state index is 13.5. The average molecular weight is 519 g/mol. The van der Waals surface area contributed by atoms with Crippen molar-refractivity contribution in [3.05, 3.63) is 97.1 Å². The van der Waals surface area contributed by atoms with Crippen LogP contribution in [-0.2, 0) is 17.8 Å². The molecule has 0 aliphatic heterocycles. The van der Waals surface area contributed by atoms with Crippen molar-refractivity contribution in [2.75, 3.05) is 18.6 Å². The van der Waals surface area contributed by atoms with Crippen LogP contribution in [0.2, 0.25) is 0 Å². The summed E-state index contributed by atoms with van der Waals surface area (Å²) in [4.78, 5) is 24.2. The Morgan fingerprint density at radius 3 is 2.53 bits per heavy atom. The van der Waals surface area contributed by atoms with Crippen molar-refractivity contribution in [1.82, 2.24) is 14.5 Å². The number of halogens is 1. The van der Waals surface area contributed by atoms with Gasteiger partial charge < -0.3 is 9.30 Å². The Labute approximate surface area is 220 Å². The Balaban J connectivity index is 0.00000304. The third kappa shape index (κ3) is 5.93. The number of thiazole rings is 1. The molecule has 0 saturated carbocycles. The summed E-state index contributed by atoms with van der Waals surface area (Å²) in [5.74, 6) is 0.818. The van der Waals surface area contributed by atoms with Gasteiger partial charge in [-0.05, 0) is 41.3 Å². The molecule has 5 rings (SSSR count). The molecule has 0 radical (unpaired) electrons. The maximum Gasteiger partial charge on any atom is 0.233 e. The van der Waals surface area contributed by atoms with Crippen molar-refractivity contribution in [3.63, 3.8) is 0 Å². The van der Waals surface area contributed by atoms with Crippen LogP contribution in [0.25, 0.3) is 21.3 Å². The molecule has 0 unspecified atom stereocenters. The number of imidazole rings is 1. The molecular weight excluding hydrogens is 492 g/mol. The second-order valence-corrected chi connectivity index (χ2v) is 9.28. The largest absolute Gasteiger partial charge is 0.497 e. The van der Waals surface area contributed by atoms with Crippen LogP contribution in [0.1, 0.15) is 12.0 Å². The molecule has 0 aliphatic carbocycles. The molecule has 8 heteroatoms. The number of nitrogens with zero attached hydrogens (tertiary/aromatic N) is 4. The first-order valence-electron chi connectivity index (χ1n) is 11.5. The second kappa shape index (κ2) is 11.8. The smallest absolute Gasteiger partial charge is 0.233 e. The van der Waals surface area contributed by atoms with Crippen LogP contribution in [-0.4, -0.2) is 34.1 Å². The zero-order valence-corrected chi connectivity index (χ0v) is 21.5. The van der Waals surface area contributed by atoms with Crippen molar-refractivity contribution in [2.45, 2.75) is 19.4 Å². The van der Waals surface area contributed by atoms with E-state index in [0.717, 1.165) is 45.6 Å². The summed E-state index contributed by atoms with van der Waals surface area (Å²) in [6.45, 7) is 1.37. The Morgan fingerprint density at radius 1 is 1.03 bits per heavy atom. The highest BCUT2D eigenvalue weighted by molar-refractivity contribution is 7.22. The van der Waals surface area contributed by atoms with E-state index in [1.165, 1.54) is 11.3 Å². The fraction of sp³-hybridized carbons (Fsp3) is 0.179. The minimum Gasteiger partial charge on any atom is -0.497 e. The number of ether oxygens (including phenoxy) is 1. The normalized spacial score (nSPS) is 10.7. The molecule has 0 spiro atoms. The van der Waals surface area contributed by atoms with E-state index in [4.69, 9.17) is 9.72 Å². The minimum atomic E-state index is 0. The zero-order valence-electron chi connectivity index (χ0n) is 19.9. The van der Waals surface area contributed by atoms with Crippen LogP contribution in [0.3, 0.4) is 0 Å². The van der Waals surface area contributed by atoms with Gasteiger partial charge in [-0.3, -0.25) is 9.69 Å². The molecular formula is C28H27ClN4O2S. The zero-order chi connectivity index (χ0) is 24.0. The molecule has 0 N–H and O–H groups in total. The highest BCUT2D eigenvalue weighted by atomic mass is 35.5. The van der Waals surface area contributed by atoms with E-state index in [0.29, 0.717) is 18.1 Å². The first kappa shape index (κ1) is 25.4. The fourth-order valence-electron chi connectivity index (χ4n) is 4.01. The van der Waals surface area contributed by atoms with Crippen molar-refractivity contribution in [2.24, 2.45) is 0 Å². The van der Waals surface area contributed by atoms with Crippen molar-refractivity contribution in [3.8, 4) is 16.9 Å². The van der Waals surface area contributed by atoms with E-state index in [1.807, 2.05) is 64.2 Å². The van der Waals surface area contributed by atoms with E-state index < -0.39 is 0 Å². The molecule has 3 aromatic carbocycles. The predicted molar refractivity (Wildman–Crippen MR) is 148 cm³/mol. The lowest BCUT2D eigenvalue weighted by Gasteiger charge is -2.20. The number of anilines is 1. The monoisotopic (exact) mass is 518 g/mol. The number of methoxy groups -OCH3 is 1. The van der Waals surface area contributed by atoms with Gasteiger partial charge in [-0.15, -0.1) is 12.4 Å². The third-order valence-electron chi connectivity index (χ3n) is 5.89. The van der Waals surface area contributed by atoms with Gasteiger partial charge in [-0.1, -0.05) is 65.9 Å². The standard InChI is InChI=1S/C28H26N4O2S.ClH/c1-34-24-12-13-25-26(19-24)35-28(30-25)32(16-5-15-31-17-14-29-20-31)27(33)18-21-8-10-23(11-9-21)22-6-3-2-4-7-22;/h2-4,6-14,17,19-20H,5,15-16,18H2,1H3;1H. The topological polar surface area (TPSA) is 60.2 Å². The van der Waals surface area contributed by atoms with E-state index in [2.05, 4.69) is 29.2 Å². The number of fused-ring (bicyclic) bond motifs is 1. The molecule has 6 nitrogen and oxygen atoms in total. The summed E-state index contributed by atoms with van der Waals surface area (Å²) in [7, 11) is 1.65. The van der Waals surface area contributed by atoms with Crippen LogP contribution in [0.5, 0.6) is 5.75 Å². The summed E-state index contributed by atoms with van der Waals surface area (Å²) in [6, 6.07) is 24.3. The molecule has 0 aliphatic rings. The Hall–Kier alpha value is -3.68. The number of aromatic nitrogens is 3. The van der Waals surface area contributed by atoms with E-state index in [9.17, 15) is 4.79 Å². The van der Waals surface area contributed by atoms with Gasteiger partial charge in [0.2, 0.25) is 5.91 Å². The molecule has 2 aromatic heterocycles. The number of aryl methyl sites for hydroxylation is 1. The molecule has 0 bridgehead atoms. The number of amides is 1. The van der Waals surface area contributed by atoms with Gasteiger partial charge in [-0.25, -0.2) is 9.97 Å². The third-order valence-corrected chi connectivity index (χ3v) is 6.93. The molecule has 1 amide bonds. The first-order valence-corrected chi connectivity index (χ1v) is 12.4. The van der Waals surface area contributed by atoms with E-state index in [1.54, 1.807) is 19.6 Å². The lowest BCUT2D eigenvalue weighted by molar-refractivity contribution is -0.118. The predicted octanol–water partition coefficient (Wildman–Crippen LogP) is 6.26. The van der Waals surface area contributed by atoms with Crippen molar-refractivity contribution < 1.29 is 9.53 Å². The minimum absolute atomic E-state index is 0. The van der Waals surface area contributed by atoms with E-state index >= 15 is 0 Å². The summed E-state index contributed by atoms with van der Waals surface area (Å²) in [5, 5.41) is 0.713. The average Bonchev–Trinajstić information content (AvgIpc) is 3.57. The van der Waals surface area contributed by atoms with Gasteiger partial charge in [0, 0.05) is 25.5 Å². The summed E-state index contributed by atoms with van der Waals surface area (Å²) >= 11 is 1.52. The van der Waals surface area contributed by atoms with Gasteiger partial charge >= 0.3 is 0 Å². The molecule has 2 heterocycles. The molecule has 5 aromatic rings. The number of hydrogen-bond acceptors (Lipinski definition) is 5. The lowest BCUT2D eigenvalue weighted by Crippen LogP contribution is -2.33. The first-order chi connectivity index (χ1) is 17.2. The summed E-state index contributed by atoms with van der Waals surface area (Å²) < 4.78 is 8.38. The van der Waals surface area contributed by atoms with Crippen molar-refractivity contribution in [1.29, 1.82) is 0 Å². The molecule has 184 valence electrons. The molecule has 0 atom stereocenters. The quantitative estimate of drug-likeness (QED) is 0.231. The number of rotatable bonds is 9. The SMILES string of the molecule is COc1ccc2nc(N(CCCn3ccnc3)C(=O)Cc3ccc(-c4ccccc4)cc3)sc2c1.Cl. The van der Waals surface area contributed by atoms with Crippen LogP contribution >= 0.6 is 23.7 Å². The molecule has 36 heavy (non-hydrogen) atoms. The van der Waals surface area contributed by atoms with Crippen LogP contribution in [0.4, 0.5) is 5.13 Å². The van der Waals surface area contributed by atoms with Gasteiger partial charge in [0.05, 0.1) is 30.1 Å². The van der Waals surface area contributed by atoms with Crippen LogP contribution in [0.15, 0.2) is 91.5 Å². The fourth-order valence-corrected chi connectivity index (χ4v) is 5.05. The van der Waals surface area contributed by atoms with Crippen molar-refractivity contribution >= 4 is 45.0 Å². The Morgan fingerprint density at radius 2 is 1.81 bits per heavy atom. The Bertz CT molecular complexity index is 1400. The van der Waals surface area contributed by atoms with E-state index in [-0.39, 0.29) is 18.3 Å². The Kier molecular flexibility index (Phi) is 8.36.